The molecule has 0 heterocycles. The summed E-state index contributed by atoms with van der Waals surface area (Å²) < 4.78 is 45.0. The molecule has 33 heavy (non-hydrogen) atoms. The first kappa shape index (κ1) is 28.0. The Morgan fingerprint density at radius 2 is 1.88 bits per heavy atom. The molecule has 1 atom stereocenters. The molecular weight excluding hydrogens is 460 g/mol. The zero-order valence-corrected chi connectivity index (χ0v) is 18.8. The summed E-state index contributed by atoms with van der Waals surface area (Å²) in [5, 5.41) is 9.99. The molecule has 1 unspecified atom stereocenters. The average Bonchev–Trinajstić information content (AvgIpc) is 2.78. The largest absolute Gasteiger partial charge is 0.488 e. The Balaban J connectivity index is 0.00000544. The third-order valence-corrected chi connectivity index (χ3v) is 4.33. The van der Waals surface area contributed by atoms with Gasteiger partial charge in [-0.3, -0.25) is 10.2 Å². The van der Waals surface area contributed by atoms with E-state index in [1.54, 1.807) is 31.2 Å². The maximum Gasteiger partial charge on any atom is 0.254 e. The van der Waals surface area contributed by atoms with Crippen LogP contribution in [0.2, 0.25) is 0 Å². The van der Waals surface area contributed by atoms with Gasteiger partial charge in [0.1, 0.15) is 31.2 Å². The Labute approximate surface area is 196 Å². The second-order valence-electron chi connectivity index (χ2n) is 6.53. The molecule has 8 nitrogen and oxygen atoms in total. The van der Waals surface area contributed by atoms with Crippen LogP contribution in [0.3, 0.4) is 0 Å². The molecular formula is C22H26ClF2N3O5. The minimum Gasteiger partial charge on any atom is -0.488 e. The summed E-state index contributed by atoms with van der Waals surface area (Å²) in [5.41, 5.74) is 6.08. The lowest BCUT2D eigenvalue weighted by molar-refractivity contribution is -0.133. The summed E-state index contributed by atoms with van der Waals surface area (Å²) in [6, 6.07) is 8.70. The SMILES string of the molecule is CCOC(C(=O)NCc1ccc(C(=N)N)cc1)c1c(F)ccc(OCCOCC=O)c1F.Cl. The van der Waals surface area contributed by atoms with Crippen molar-refractivity contribution in [1.82, 2.24) is 5.32 Å². The van der Waals surface area contributed by atoms with E-state index in [4.69, 9.17) is 25.4 Å². The van der Waals surface area contributed by atoms with Crippen molar-refractivity contribution in [2.45, 2.75) is 19.6 Å². The topological polar surface area (TPSA) is 124 Å². The van der Waals surface area contributed by atoms with Crippen molar-refractivity contribution in [2.24, 2.45) is 5.73 Å². The Hall–Kier alpha value is -3.08. The van der Waals surface area contributed by atoms with Crippen molar-refractivity contribution in [3.8, 4) is 5.75 Å². The van der Waals surface area contributed by atoms with Gasteiger partial charge in [-0.2, -0.15) is 0 Å². The quantitative estimate of drug-likeness (QED) is 0.173. The number of halogens is 3. The second-order valence-corrected chi connectivity index (χ2v) is 6.53. The predicted molar refractivity (Wildman–Crippen MR) is 120 cm³/mol. The summed E-state index contributed by atoms with van der Waals surface area (Å²) in [6.07, 6.45) is -0.967. The molecule has 0 bridgehead atoms. The number of hydrogen-bond acceptors (Lipinski definition) is 6. The highest BCUT2D eigenvalue weighted by Crippen LogP contribution is 2.30. The van der Waals surface area contributed by atoms with Crippen molar-refractivity contribution >= 4 is 30.4 Å². The van der Waals surface area contributed by atoms with Gasteiger partial charge in [0.25, 0.3) is 5.91 Å². The van der Waals surface area contributed by atoms with Gasteiger partial charge in [0.2, 0.25) is 0 Å². The molecule has 180 valence electrons. The second kappa shape index (κ2) is 14.1. The van der Waals surface area contributed by atoms with Crippen molar-refractivity contribution in [1.29, 1.82) is 5.41 Å². The normalized spacial score (nSPS) is 11.2. The highest BCUT2D eigenvalue weighted by Gasteiger charge is 2.29. The van der Waals surface area contributed by atoms with E-state index in [9.17, 15) is 18.4 Å². The van der Waals surface area contributed by atoms with Crippen LogP contribution in [0, 0.1) is 17.0 Å². The Bertz CT molecular complexity index is 944. The number of nitrogens with one attached hydrogen (secondary N) is 2. The molecule has 0 spiro atoms. The standard InChI is InChI=1S/C22H25F2N3O5.ClH/c1-2-31-20(22(29)27-13-14-3-5-15(6-4-14)21(25)26)18-16(23)7-8-17(19(18)24)32-12-11-30-10-9-28;/h3-9,20H,2,10-13H2,1H3,(H3,25,26)(H,27,29);1H. The molecule has 0 aliphatic carbocycles. The lowest BCUT2D eigenvalue weighted by Gasteiger charge is -2.20. The molecule has 2 aromatic rings. The Kier molecular flexibility index (Phi) is 12.0. The van der Waals surface area contributed by atoms with Crippen LogP contribution in [0.1, 0.15) is 29.7 Å². The number of carbonyl (C=O) groups excluding carboxylic acids is 2. The van der Waals surface area contributed by atoms with E-state index in [2.05, 4.69) is 5.32 Å². The smallest absolute Gasteiger partial charge is 0.254 e. The summed E-state index contributed by atoms with van der Waals surface area (Å²) >= 11 is 0. The highest BCUT2D eigenvalue weighted by atomic mass is 35.5. The van der Waals surface area contributed by atoms with Gasteiger partial charge in [-0.05, 0) is 24.6 Å². The number of amidine groups is 1. The van der Waals surface area contributed by atoms with E-state index in [1.807, 2.05) is 0 Å². The zero-order chi connectivity index (χ0) is 23.5. The molecule has 2 rings (SSSR count). The van der Waals surface area contributed by atoms with Gasteiger partial charge in [-0.1, -0.05) is 24.3 Å². The fourth-order valence-corrected chi connectivity index (χ4v) is 2.78. The maximum absolute atomic E-state index is 15.0. The molecule has 1 amide bonds. The fourth-order valence-electron chi connectivity index (χ4n) is 2.78. The number of aldehydes is 1. The zero-order valence-electron chi connectivity index (χ0n) is 17.9. The lowest BCUT2D eigenvalue weighted by atomic mass is 10.1. The summed E-state index contributed by atoms with van der Waals surface area (Å²) in [6.45, 7) is 1.55. The Morgan fingerprint density at radius 1 is 1.18 bits per heavy atom. The van der Waals surface area contributed by atoms with Gasteiger partial charge in [0, 0.05) is 18.7 Å². The van der Waals surface area contributed by atoms with Crippen LogP contribution < -0.4 is 15.8 Å². The van der Waals surface area contributed by atoms with Crippen LogP contribution in [-0.2, 0) is 25.6 Å². The van der Waals surface area contributed by atoms with Crippen LogP contribution in [0.5, 0.6) is 5.75 Å². The number of amides is 1. The number of ether oxygens (including phenoxy) is 3. The fraction of sp³-hybridized carbons (Fsp3) is 0.318. The number of rotatable bonds is 13. The number of benzene rings is 2. The maximum atomic E-state index is 15.0. The van der Waals surface area contributed by atoms with Gasteiger partial charge in [0.15, 0.2) is 17.7 Å². The van der Waals surface area contributed by atoms with E-state index in [-0.39, 0.29) is 57.0 Å². The number of carbonyl (C=O) groups is 2. The molecule has 4 N–H and O–H groups in total. The first-order chi connectivity index (χ1) is 15.4. The molecule has 0 aromatic heterocycles. The molecule has 0 aliphatic heterocycles. The van der Waals surface area contributed by atoms with Crippen LogP contribution in [0.25, 0.3) is 0 Å². The average molecular weight is 486 g/mol. The molecule has 0 aliphatic rings. The molecule has 0 radical (unpaired) electrons. The lowest BCUT2D eigenvalue weighted by Crippen LogP contribution is -2.32. The van der Waals surface area contributed by atoms with Crippen molar-refractivity contribution in [3.05, 3.63) is 64.7 Å². The van der Waals surface area contributed by atoms with Gasteiger partial charge in [-0.15, -0.1) is 12.4 Å². The van der Waals surface area contributed by atoms with Gasteiger partial charge in [0.05, 0.1) is 12.2 Å². The monoisotopic (exact) mass is 485 g/mol. The molecule has 0 saturated carbocycles. The van der Waals surface area contributed by atoms with E-state index in [0.717, 1.165) is 12.1 Å². The number of hydrogen-bond donors (Lipinski definition) is 3. The summed E-state index contributed by atoms with van der Waals surface area (Å²) in [7, 11) is 0. The first-order valence-corrected chi connectivity index (χ1v) is 9.83. The van der Waals surface area contributed by atoms with Crippen molar-refractivity contribution in [3.63, 3.8) is 0 Å². The first-order valence-electron chi connectivity index (χ1n) is 9.83. The van der Waals surface area contributed by atoms with Gasteiger partial charge < -0.3 is 30.1 Å². The van der Waals surface area contributed by atoms with Gasteiger partial charge in [-0.25, -0.2) is 8.78 Å². The van der Waals surface area contributed by atoms with Crippen LogP contribution in [-0.4, -0.2) is 44.5 Å². The Morgan fingerprint density at radius 3 is 2.48 bits per heavy atom. The van der Waals surface area contributed by atoms with Crippen LogP contribution >= 0.6 is 12.4 Å². The van der Waals surface area contributed by atoms with E-state index in [1.165, 1.54) is 0 Å². The van der Waals surface area contributed by atoms with E-state index < -0.39 is 29.2 Å². The van der Waals surface area contributed by atoms with Crippen molar-refractivity contribution < 1.29 is 32.6 Å². The summed E-state index contributed by atoms with van der Waals surface area (Å²) in [5.74, 6) is -3.09. The minimum atomic E-state index is -1.54. The third kappa shape index (κ3) is 8.08. The number of nitrogen functional groups attached to an aromatic ring is 1. The molecule has 0 saturated heterocycles. The van der Waals surface area contributed by atoms with Crippen LogP contribution in [0.4, 0.5) is 8.78 Å². The molecule has 11 heteroatoms. The molecule has 0 fully saturated rings. The van der Waals surface area contributed by atoms with E-state index >= 15 is 0 Å². The third-order valence-electron chi connectivity index (χ3n) is 4.33. The summed E-state index contributed by atoms with van der Waals surface area (Å²) in [4.78, 5) is 22.9. The van der Waals surface area contributed by atoms with Gasteiger partial charge >= 0.3 is 0 Å². The van der Waals surface area contributed by atoms with Crippen LogP contribution in [0.15, 0.2) is 36.4 Å². The van der Waals surface area contributed by atoms with Crippen molar-refractivity contribution in [2.75, 3.05) is 26.4 Å². The molecule has 2 aromatic carbocycles. The highest BCUT2D eigenvalue weighted by molar-refractivity contribution is 5.94. The number of nitrogens with two attached hydrogens (primary N) is 1. The predicted octanol–water partition coefficient (Wildman–Crippen LogP) is 2.66. The van der Waals surface area contributed by atoms with E-state index in [0.29, 0.717) is 17.4 Å². The minimum absolute atomic E-state index is 0.